The summed E-state index contributed by atoms with van der Waals surface area (Å²) in [6, 6.07) is 21.5. The van der Waals surface area contributed by atoms with Gasteiger partial charge >= 0.3 is 0 Å². The molecule has 37 heavy (non-hydrogen) atoms. The van der Waals surface area contributed by atoms with Crippen LogP contribution >= 0.6 is 0 Å². The normalized spacial score (nSPS) is 15.0. The fourth-order valence-electron chi connectivity index (χ4n) is 4.16. The molecule has 0 saturated carbocycles. The first-order valence-corrected chi connectivity index (χ1v) is 12.2. The summed E-state index contributed by atoms with van der Waals surface area (Å²) >= 11 is 0. The first-order valence-electron chi connectivity index (χ1n) is 12.2. The Morgan fingerprint density at radius 3 is 2.32 bits per heavy atom. The van der Waals surface area contributed by atoms with Crippen molar-refractivity contribution in [2.45, 2.75) is 32.9 Å². The zero-order chi connectivity index (χ0) is 26.4. The third-order valence-corrected chi connectivity index (χ3v) is 6.06. The van der Waals surface area contributed by atoms with Crippen LogP contribution in [0.1, 0.15) is 36.2 Å². The van der Waals surface area contributed by atoms with E-state index in [-0.39, 0.29) is 36.8 Å². The van der Waals surface area contributed by atoms with Crippen molar-refractivity contribution in [1.29, 1.82) is 0 Å². The zero-order valence-corrected chi connectivity index (χ0v) is 21.2. The Balaban J connectivity index is 1.38. The van der Waals surface area contributed by atoms with E-state index in [1.165, 1.54) is 0 Å². The SMILES string of the molecule is COc1ccc(CNC(=O)c2ccccc2NC(=O)[C@H]2CC(=O)N(c3ccc(OC(C)C)cc3)C2)cc1. The Morgan fingerprint density at radius 2 is 1.65 bits per heavy atom. The van der Waals surface area contributed by atoms with Crippen LogP contribution in [0.15, 0.2) is 72.8 Å². The van der Waals surface area contributed by atoms with Crippen molar-refractivity contribution in [3.63, 3.8) is 0 Å². The standard InChI is InChI=1S/C29H31N3O5/c1-19(2)37-24-14-10-22(11-15-24)32-18-21(16-27(32)33)28(34)31-26-7-5-4-6-25(26)29(35)30-17-20-8-12-23(36-3)13-9-20/h4-15,19,21H,16-18H2,1-3H3,(H,30,35)(H,31,34)/t21-/m0/s1. The van der Waals surface area contributed by atoms with E-state index in [1.807, 2.05) is 62.4 Å². The van der Waals surface area contributed by atoms with Gasteiger partial charge in [-0.05, 0) is 67.9 Å². The number of anilines is 2. The summed E-state index contributed by atoms with van der Waals surface area (Å²) in [7, 11) is 1.60. The molecule has 0 aromatic heterocycles. The number of hydrogen-bond acceptors (Lipinski definition) is 5. The second-order valence-electron chi connectivity index (χ2n) is 9.13. The summed E-state index contributed by atoms with van der Waals surface area (Å²) in [6.07, 6.45) is 0.154. The van der Waals surface area contributed by atoms with Crippen molar-refractivity contribution < 1.29 is 23.9 Å². The van der Waals surface area contributed by atoms with Crippen molar-refractivity contribution in [2.24, 2.45) is 5.92 Å². The Labute approximate surface area is 216 Å². The van der Waals surface area contributed by atoms with Crippen LogP contribution in [0.2, 0.25) is 0 Å². The number of para-hydroxylation sites is 1. The molecule has 0 spiro atoms. The van der Waals surface area contributed by atoms with E-state index in [0.717, 1.165) is 22.7 Å². The van der Waals surface area contributed by atoms with Gasteiger partial charge in [0.25, 0.3) is 5.91 Å². The largest absolute Gasteiger partial charge is 0.497 e. The minimum atomic E-state index is -0.533. The quantitative estimate of drug-likeness (QED) is 0.453. The highest BCUT2D eigenvalue weighted by molar-refractivity contribution is 6.07. The Kier molecular flexibility index (Phi) is 8.08. The van der Waals surface area contributed by atoms with Crippen LogP contribution in [0, 0.1) is 5.92 Å². The molecule has 0 aliphatic carbocycles. The van der Waals surface area contributed by atoms with Gasteiger partial charge in [0.1, 0.15) is 11.5 Å². The lowest BCUT2D eigenvalue weighted by Crippen LogP contribution is -2.29. The summed E-state index contributed by atoms with van der Waals surface area (Å²) in [4.78, 5) is 40.3. The second kappa shape index (κ2) is 11.6. The first-order chi connectivity index (χ1) is 17.8. The van der Waals surface area contributed by atoms with Gasteiger partial charge < -0.3 is 25.0 Å². The smallest absolute Gasteiger partial charge is 0.253 e. The summed E-state index contributed by atoms with van der Waals surface area (Å²) in [5.74, 6) is 0.203. The van der Waals surface area contributed by atoms with Gasteiger partial charge in [0.05, 0.1) is 30.4 Å². The first kappa shape index (κ1) is 25.8. The molecule has 3 aromatic rings. The number of hydrogen-bond donors (Lipinski definition) is 2. The molecule has 4 rings (SSSR count). The van der Waals surface area contributed by atoms with Crippen LogP contribution in [0.4, 0.5) is 11.4 Å². The van der Waals surface area contributed by atoms with E-state index in [1.54, 1.807) is 36.3 Å². The van der Waals surface area contributed by atoms with Crippen molar-refractivity contribution in [3.8, 4) is 11.5 Å². The average molecular weight is 502 g/mol. The molecule has 3 aromatic carbocycles. The Hall–Kier alpha value is -4.33. The lowest BCUT2D eigenvalue weighted by Gasteiger charge is -2.18. The van der Waals surface area contributed by atoms with E-state index in [0.29, 0.717) is 17.8 Å². The molecule has 8 nitrogen and oxygen atoms in total. The number of rotatable bonds is 9. The van der Waals surface area contributed by atoms with Gasteiger partial charge in [-0.2, -0.15) is 0 Å². The number of amides is 3. The summed E-state index contributed by atoms with van der Waals surface area (Å²) < 4.78 is 10.8. The van der Waals surface area contributed by atoms with Gasteiger partial charge in [-0.3, -0.25) is 14.4 Å². The molecule has 1 fully saturated rings. The van der Waals surface area contributed by atoms with Gasteiger partial charge in [-0.25, -0.2) is 0 Å². The lowest BCUT2D eigenvalue weighted by atomic mass is 10.1. The minimum Gasteiger partial charge on any atom is -0.497 e. The summed E-state index contributed by atoms with van der Waals surface area (Å²) in [6.45, 7) is 4.49. The molecule has 1 saturated heterocycles. The molecule has 1 heterocycles. The number of ether oxygens (including phenoxy) is 2. The minimum absolute atomic E-state index is 0.0553. The van der Waals surface area contributed by atoms with Gasteiger partial charge in [0.15, 0.2) is 0 Å². The molecular weight excluding hydrogens is 470 g/mol. The van der Waals surface area contributed by atoms with E-state index in [9.17, 15) is 14.4 Å². The molecule has 3 amide bonds. The van der Waals surface area contributed by atoms with E-state index in [4.69, 9.17) is 9.47 Å². The van der Waals surface area contributed by atoms with Crippen molar-refractivity contribution in [3.05, 3.63) is 83.9 Å². The van der Waals surface area contributed by atoms with Crippen LogP contribution in [0.5, 0.6) is 11.5 Å². The van der Waals surface area contributed by atoms with Crippen LogP contribution in [-0.4, -0.2) is 37.5 Å². The number of benzene rings is 3. The number of methoxy groups -OCH3 is 1. The molecule has 1 aliphatic heterocycles. The van der Waals surface area contributed by atoms with Crippen LogP contribution in [-0.2, 0) is 16.1 Å². The van der Waals surface area contributed by atoms with Crippen LogP contribution in [0.3, 0.4) is 0 Å². The average Bonchev–Trinajstić information content (AvgIpc) is 3.29. The fourth-order valence-corrected chi connectivity index (χ4v) is 4.16. The number of nitrogens with one attached hydrogen (secondary N) is 2. The number of nitrogens with zero attached hydrogens (tertiary/aromatic N) is 1. The number of carbonyl (C=O) groups is 3. The molecule has 0 radical (unpaired) electrons. The number of carbonyl (C=O) groups excluding carboxylic acids is 3. The van der Waals surface area contributed by atoms with Crippen molar-refractivity contribution >= 4 is 29.1 Å². The highest BCUT2D eigenvalue weighted by Gasteiger charge is 2.35. The van der Waals surface area contributed by atoms with E-state index < -0.39 is 5.92 Å². The highest BCUT2D eigenvalue weighted by Crippen LogP contribution is 2.28. The van der Waals surface area contributed by atoms with E-state index >= 15 is 0 Å². The molecule has 192 valence electrons. The predicted octanol–water partition coefficient (Wildman–Crippen LogP) is 4.40. The van der Waals surface area contributed by atoms with Crippen molar-refractivity contribution in [1.82, 2.24) is 5.32 Å². The second-order valence-corrected chi connectivity index (χ2v) is 9.13. The monoisotopic (exact) mass is 501 g/mol. The molecule has 0 unspecified atom stereocenters. The third kappa shape index (κ3) is 6.46. The summed E-state index contributed by atoms with van der Waals surface area (Å²) in [5.41, 5.74) is 2.39. The molecule has 8 heteroatoms. The molecule has 1 aliphatic rings. The fraction of sp³-hybridized carbons (Fsp3) is 0.276. The van der Waals surface area contributed by atoms with Crippen LogP contribution in [0.25, 0.3) is 0 Å². The third-order valence-electron chi connectivity index (χ3n) is 6.06. The van der Waals surface area contributed by atoms with Gasteiger partial charge in [-0.15, -0.1) is 0 Å². The highest BCUT2D eigenvalue weighted by atomic mass is 16.5. The Bertz CT molecular complexity index is 1260. The predicted molar refractivity (Wildman–Crippen MR) is 142 cm³/mol. The summed E-state index contributed by atoms with van der Waals surface area (Å²) in [5, 5.41) is 5.74. The maximum Gasteiger partial charge on any atom is 0.253 e. The molecule has 0 bridgehead atoms. The van der Waals surface area contributed by atoms with Gasteiger partial charge in [0, 0.05) is 25.2 Å². The lowest BCUT2D eigenvalue weighted by molar-refractivity contribution is -0.122. The molecular formula is C29H31N3O5. The molecule has 1 atom stereocenters. The van der Waals surface area contributed by atoms with E-state index in [2.05, 4.69) is 10.6 Å². The maximum atomic E-state index is 13.1. The topological polar surface area (TPSA) is 97.0 Å². The maximum absolute atomic E-state index is 13.1. The van der Waals surface area contributed by atoms with Crippen molar-refractivity contribution in [2.75, 3.05) is 23.9 Å². The van der Waals surface area contributed by atoms with Crippen LogP contribution < -0.4 is 25.0 Å². The van der Waals surface area contributed by atoms with Gasteiger partial charge in [0.2, 0.25) is 11.8 Å². The molecule has 2 N–H and O–H groups in total. The Morgan fingerprint density at radius 1 is 0.973 bits per heavy atom. The van der Waals surface area contributed by atoms with Gasteiger partial charge in [-0.1, -0.05) is 24.3 Å². The zero-order valence-electron chi connectivity index (χ0n) is 21.2.